The molecule has 0 aliphatic carbocycles. The highest BCUT2D eigenvalue weighted by atomic mass is 16.3. The van der Waals surface area contributed by atoms with Crippen LogP contribution in [0.2, 0.25) is 0 Å². The Morgan fingerprint density at radius 2 is 1.53 bits per heavy atom. The van der Waals surface area contributed by atoms with Gasteiger partial charge in [-0.05, 0) is 25.0 Å². The lowest BCUT2D eigenvalue weighted by atomic mass is 10.1. The molecule has 1 heteroatoms. The third-order valence-corrected chi connectivity index (χ3v) is 2.49. The smallest absolute Gasteiger partial charge is 0.137 e. The molecule has 2 aromatic rings. The van der Waals surface area contributed by atoms with Gasteiger partial charge >= 0.3 is 0 Å². The first kappa shape index (κ1) is 15.8. The summed E-state index contributed by atoms with van der Waals surface area (Å²) in [5, 5.41) is 1.23. The average Bonchev–Trinajstić information content (AvgIpc) is 2.76. The Balaban J connectivity index is 0.000000368. The van der Waals surface area contributed by atoms with E-state index >= 15 is 0 Å². The monoisotopic (exact) mass is 234 g/mol. The lowest BCUT2D eigenvalue weighted by molar-refractivity contribution is 0.610. The second-order valence-corrected chi connectivity index (χ2v) is 3.87. The van der Waals surface area contributed by atoms with Crippen LogP contribution in [0.1, 0.15) is 51.7 Å². The molecule has 0 bridgehead atoms. The average molecular weight is 234 g/mol. The fourth-order valence-corrected chi connectivity index (χ4v) is 1.33. The molecule has 0 aliphatic heterocycles. The minimum Gasteiger partial charge on any atom is -0.464 e. The first-order valence-electron chi connectivity index (χ1n) is 6.64. The van der Waals surface area contributed by atoms with Gasteiger partial charge in [0.25, 0.3) is 0 Å². The van der Waals surface area contributed by atoms with Gasteiger partial charge < -0.3 is 4.42 Å². The molecular weight excluding hydrogens is 208 g/mol. The van der Waals surface area contributed by atoms with E-state index < -0.39 is 0 Å². The van der Waals surface area contributed by atoms with Crippen molar-refractivity contribution in [2.45, 2.75) is 54.4 Å². The van der Waals surface area contributed by atoms with Crippen LogP contribution in [-0.4, -0.2) is 0 Å². The molecule has 96 valence electrons. The predicted octanol–water partition coefficient (Wildman–Crippen LogP) is 5.88. The van der Waals surface area contributed by atoms with Gasteiger partial charge in [0, 0.05) is 5.39 Å². The van der Waals surface area contributed by atoms with Crippen molar-refractivity contribution in [3.63, 3.8) is 0 Å². The van der Waals surface area contributed by atoms with Crippen LogP contribution in [-0.2, 0) is 0 Å². The van der Waals surface area contributed by atoms with Crippen LogP contribution in [0.25, 0.3) is 11.0 Å². The summed E-state index contributed by atoms with van der Waals surface area (Å²) in [5.41, 5.74) is 3.43. The molecule has 0 radical (unpaired) electrons. The second-order valence-electron chi connectivity index (χ2n) is 3.87. The summed E-state index contributed by atoms with van der Waals surface area (Å²) in [5.74, 6) is 0. The minimum atomic E-state index is 1.02. The molecule has 0 amide bonds. The summed E-state index contributed by atoms with van der Waals surface area (Å²) in [7, 11) is 0. The Hall–Kier alpha value is -1.24. The fraction of sp³-hybridized carbons (Fsp3) is 0.500. The number of para-hydroxylation sites is 1. The number of hydrogen-bond donors (Lipinski definition) is 0. The van der Waals surface area contributed by atoms with Crippen molar-refractivity contribution >= 4 is 11.0 Å². The molecular formula is C16H26O. The van der Waals surface area contributed by atoms with Gasteiger partial charge in [-0.25, -0.2) is 0 Å². The van der Waals surface area contributed by atoms with E-state index in [0.29, 0.717) is 0 Å². The molecule has 0 saturated carbocycles. The van der Waals surface area contributed by atoms with Crippen LogP contribution in [0, 0.1) is 13.8 Å². The van der Waals surface area contributed by atoms with Gasteiger partial charge in [-0.3, -0.25) is 0 Å². The van der Waals surface area contributed by atoms with Gasteiger partial charge in [0.2, 0.25) is 0 Å². The largest absolute Gasteiger partial charge is 0.464 e. The Bertz CT molecular complexity index is 410. The van der Waals surface area contributed by atoms with E-state index in [-0.39, 0.29) is 0 Å². The highest BCUT2D eigenvalue weighted by Gasteiger charge is 2.01. The first-order chi connectivity index (χ1) is 8.20. The predicted molar refractivity (Wildman–Crippen MR) is 77.6 cm³/mol. The maximum atomic E-state index is 5.38. The molecule has 0 aliphatic rings. The number of rotatable bonds is 1. The number of furan rings is 1. The zero-order valence-electron chi connectivity index (χ0n) is 12.1. The van der Waals surface area contributed by atoms with Gasteiger partial charge in [-0.2, -0.15) is 0 Å². The topological polar surface area (TPSA) is 13.1 Å². The maximum Gasteiger partial charge on any atom is 0.137 e. The molecule has 17 heavy (non-hydrogen) atoms. The van der Waals surface area contributed by atoms with E-state index in [1.165, 1.54) is 29.4 Å². The number of hydrogen-bond acceptors (Lipinski definition) is 1. The summed E-state index contributed by atoms with van der Waals surface area (Å²) < 4.78 is 5.38. The molecule has 1 heterocycles. The third-order valence-electron chi connectivity index (χ3n) is 2.49. The molecule has 0 N–H and O–H groups in total. The van der Waals surface area contributed by atoms with E-state index in [0.717, 1.165) is 5.58 Å². The normalized spacial score (nSPS) is 9.06. The highest BCUT2D eigenvalue weighted by molar-refractivity contribution is 5.83. The molecule has 0 fully saturated rings. The first-order valence-corrected chi connectivity index (χ1v) is 6.64. The summed E-state index contributed by atoms with van der Waals surface area (Å²) in [6, 6.07) is 6.20. The van der Waals surface area contributed by atoms with Gasteiger partial charge in [0.1, 0.15) is 5.58 Å². The quantitative estimate of drug-likeness (QED) is 0.600. The molecule has 1 aromatic heterocycles. The number of unbranched alkanes of at least 4 members (excludes halogenated alkanes) is 1. The van der Waals surface area contributed by atoms with Crippen LogP contribution in [0.4, 0.5) is 0 Å². The molecule has 0 saturated heterocycles. The Kier molecular flexibility index (Phi) is 8.21. The van der Waals surface area contributed by atoms with Crippen LogP contribution in [0.5, 0.6) is 0 Å². The van der Waals surface area contributed by atoms with Crippen molar-refractivity contribution in [1.82, 2.24) is 0 Å². The van der Waals surface area contributed by atoms with Crippen molar-refractivity contribution in [1.29, 1.82) is 0 Å². The van der Waals surface area contributed by atoms with E-state index in [2.05, 4.69) is 45.9 Å². The van der Waals surface area contributed by atoms with Gasteiger partial charge in [-0.1, -0.05) is 58.7 Å². The fourth-order valence-electron chi connectivity index (χ4n) is 1.33. The standard InChI is InChI=1S/C10H10O.C4H10.C2H6/c1-7-4-3-5-9-8(2)6-11-10(7)9;1-3-4-2;1-2/h3-6H,1-2H3;3-4H2,1-2H3;1-2H3. The number of aryl methyl sites for hydroxylation is 2. The van der Waals surface area contributed by atoms with E-state index in [1.807, 2.05) is 13.8 Å². The minimum absolute atomic E-state index is 1.02. The van der Waals surface area contributed by atoms with Crippen LogP contribution in [0.15, 0.2) is 28.9 Å². The van der Waals surface area contributed by atoms with Crippen molar-refractivity contribution in [2.75, 3.05) is 0 Å². The third kappa shape index (κ3) is 4.64. The lowest BCUT2D eigenvalue weighted by Crippen LogP contribution is -1.71. The molecule has 1 aromatic carbocycles. The maximum absolute atomic E-state index is 5.38. The second kappa shape index (κ2) is 8.86. The molecule has 1 nitrogen and oxygen atoms in total. The number of fused-ring (bicyclic) bond motifs is 1. The molecule has 2 rings (SSSR count). The van der Waals surface area contributed by atoms with Crippen molar-refractivity contribution in [2.24, 2.45) is 0 Å². The van der Waals surface area contributed by atoms with E-state index in [1.54, 1.807) is 6.26 Å². The Morgan fingerprint density at radius 1 is 0.941 bits per heavy atom. The van der Waals surface area contributed by atoms with Crippen molar-refractivity contribution in [3.05, 3.63) is 35.6 Å². The summed E-state index contributed by atoms with van der Waals surface area (Å²) in [6.07, 6.45) is 4.44. The van der Waals surface area contributed by atoms with Gasteiger partial charge in [-0.15, -0.1) is 0 Å². The lowest BCUT2D eigenvalue weighted by Gasteiger charge is -1.92. The van der Waals surface area contributed by atoms with Crippen LogP contribution >= 0.6 is 0 Å². The molecule has 0 atom stereocenters. The van der Waals surface area contributed by atoms with Crippen molar-refractivity contribution in [3.8, 4) is 0 Å². The Labute approximate surface area is 106 Å². The SMILES string of the molecule is CC.CCCC.Cc1coc2c(C)cccc12. The zero-order chi connectivity index (χ0) is 13.3. The summed E-state index contributed by atoms with van der Waals surface area (Å²) in [4.78, 5) is 0. The number of benzene rings is 1. The highest BCUT2D eigenvalue weighted by Crippen LogP contribution is 2.22. The van der Waals surface area contributed by atoms with Crippen LogP contribution in [0.3, 0.4) is 0 Å². The van der Waals surface area contributed by atoms with Gasteiger partial charge in [0.05, 0.1) is 6.26 Å². The van der Waals surface area contributed by atoms with E-state index in [9.17, 15) is 0 Å². The summed E-state index contributed by atoms with van der Waals surface area (Å²) >= 11 is 0. The van der Waals surface area contributed by atoms with Crippen molar-refractivity contribution < 1.29 is 4.42 Å². The molecule has 0 unspecified atom stereocenters. The van der Waals surface area contributed by atoms with Gasteiger partial charge in [0.15, 0.2) is 0 Å². The molecule has 0 spiro atoms. The van der Waals surface area contributed by atoms with Crippen LogP contribution < -0.4 is 0 Å². The Morgan fingerprint density at radius 3 is 2.00 bits per heavy atom. The zero-order valence-corrected chi connectivity index (χ0v) is 12.1. The van der Waals surface area contributed by atoms with E-state index in [4.69, 9.17) is 4.42 Å². The summed E-state index contributed by atoms with van der Waals surface area (Å²) in [6.45, 7) is 12.5.